The molecule has 7 heteroatoms. The summed E-state index contributed by atoms with van der Waals surface area (Å²) in [5.41, 5.74) is 2.01. The van der Waals surface area contributed by atoms with Crippen LogP contribution >= 0.6 is 15.9 Å². The zero-order valence-corrected chi connectivity index (χ0v) is 11.9. The summed E-state index contributed by atoms with van der Waals surface area (Å²) in [6.45, 7) is 1.34. The highest BCUT2D eigenvalue weighted by molar-refractivity contribution is 9.10. The molecule has 0 saturated carbocycles. The molecule has 1 aromatic carbocycles. The number of imidazole rings is 1. The number of rotatable bonds is 5. The van der Waals surface area contributed by atoms with E-state index in [0.29, 0.717) is 13.1 Å². The van der Waals surface area contributed by atoms with Crippen LogP contribution in [0.25, 0.3) is 0 Å². The molecule has 19 heavy (non-hydrogen) atoms. The van der Waals surface area contributed by atoms with E-state index in [9.17, 15) is 10.1 Å². The third-order valence-electron chi connectivity index (χ3n) is 2.65. The Morgan fingerprint density at radius 2 is 2.32 bits per heavy atom. The first-order chi connectivity index (χ1) is 9.10. The standard InChI is InChI=1S/C12H13BrN4O2/c1-14-5-10-7-16(8-15-10)6-9-2-3-11(17(18)19)4-12(9)13/h2-4,7-8,14H,5-6H2,1H3. The number of benzene rings is 1. The van der Waals surface area contributed by atoms with Crippen LogP contribution in [0.3, 0.4) is 0 Å². The molecule has 0 amide bonds. The fourth-order valence-electron chi connectivity index (χ4n) is 1.74. The molecular weight excluding hydrogens is 312 g/mol. The van der Waals surface area contributed by atoms with Crippen molar-refractivity contribution in [3.05, 3.63) is 56.6 Å². The van der Waals surface area contributed by atoms with Gasteiger partial charge in [0.1, 0.15) is 0 Å². The highest BCUT2D eigenvalue weighted by atomic mass is 79.9. The highest BCUT2D eigenvalue weighted by Gasteiger charge is 2.09. The van der Waals surface area contributed by atoms with Crippen LogP contribution in [0.5, 0.6) is 0 Å². The van der Waals surface area contributed by atoms with Gasteiger partial charge in [0.05, 0.1) is 16.9 Å². The van der Waals surface area contributed by atoms with Crippen LogP contribution in [-0.2, 0) is 13.1 Å². The summed E-state index contributed by atoms with van der Waals surface area (Å²) >= 11 is 3.36. The van der Waals surface area contributed by atoms with Crippen molar-refractivity contribution in [3.63, 3.8) is 0 Å². The molecule has 0 bridgehead atoms. The van der Waals surface area contributed by atoms with Gasteiger partial charge in [-0.25, -0.2) is 4.98 Å². The van der Waals surface area contributed by atoms with E-state index >= 15 is 0 Å². The first kappa shape index (κ1) is 13.7. The number of halogens is 1. The van der Waals surface area contributed by atoms with Crippen LogP contribution in [0, 0.1) is 10.1 Å². The molecule has 1 heterocycles. The third kappa shape index (κ3) is 3.39. The first-order valence-electron chi connectivity index (χ1n) is 5.68. The van der Waals surface area contributed by atoms with Gasteiger partial charge in [0.2, 0.25) is 0 Å². The zero-order chi connectivity index (χ0) is 13.8. The van der Waals surface area contributed by atoms with E-state index in [4.69, 9.17) is 0 Å². The monoisotopic (exact) mass is 324 g/mol. The van der Waals surface area contributed by atoms with E-state index in [2.05, 4.69) is 26.2 Å². The largest absolute Gasteiger partial charge is 0.333 e. The van der Waals surface area contributed by atoms with Crippen molar-refractivity contribution in [2.75, 3.05) is 7.05 Å². The molecule has 0 fully saturated rings. The van der Waals surface area contributed by atoms with E-state index in [0.717, 1.165) is 15.7 Å². The fourth-order valence-corrected chi connectivity index (χ4v) is 2.23. The van der Waals surface area contributed by atoms with Gasteiger partial charge in [0.15, 0.2) is 0 Å². The molecule has 0 aliphatic heterocycles. The molecule has 0 radical (unpaired) electrons. The minimum Gasteiger partial charge on any atom is -0.333 e. The second-order valence-corrected chi connectivity index (χ2v) is 4.95. The Morgan fingerprint density at radius 1 is 1.53 bits per heavy atom. The van der Waals surface area contributed by atoms with Gasteiger partial charge in [0, 0.05) is 35.9 Å². The molecule has 0 aliphatic rings. The molecule has 6 nitrogen and oxygen atoms in total. The van der Waals surface area contributed by atoms with Gasteiger partial charge in [0.25, 0.3) is 5.69 Å². The van der Waals surface area contributed by atoms with Crippen LogP contribution in [0.2, 0.25) is 0 Å². The number of hydrogen-bond donors (Lipinski definition) is 1. The summed E-state index contributed by atoms with van der Waals surface area (Å²) in [5.74, 6) is 0. The molecule has 0 unspecified atom stereocenters. The average molecular weight is 325 g/mol. The molecule has 0 aliphatic carbocycles. The second kappa shape index (κ2) is 5.94. The molecule has 100 valence electrons. The predicted molar refractivity (Wildman–Crippen MR) is 74.9 cm³/mol. The van der Waals surface area contributed by atoms with Crippen molar-refractivity contribution < 1.29 is 4.92 Å². The van der Waals surface area contributed by atoms with E-state index < -0.39 is 4.92 Å². The quantitative estimate of drug-likeness (QED) is 0.676. The Labute approximate surface area is 118 Å². The second-order valence-electron chi connectivity index (χ2n) is 4.10. The smallest absolute Gasteiger partial charge is 0.270 e. The van der Waals surface area contributed by atoms with E-state index in [1.54, 1.807) is 12.4 Å². The molecule has 0 saturated heterocycles. The van der Waals surface area contributed by atoms with Gasteiger partial charge >= 0.3 is 0 Å². The van der Waals surface area contributed by atoms with Crippen molar-refractivity contribution in [2.45, 2.75) is 13.1 Å². The van der Waals surface area contributed by atoms with Crippen molar-refractivity contribution in [1.29, 1.82) is 0 Å². The Balaban J connectivity index is 2.16. The normalized spacial score (nSPS) is 10.6. The Kier molecular flexibility index (Phi) is 4.28. The molecule has 1 N–H and O–H groups in total. The van der Waals surface area contributed by atoms with Gasteiger partial charge < -0.3 is 9.88 Å². The number of aromatic nitrogens is 2. The number of nitrogens with zero attached hydrogens (tertiary/aromatic N) is 3. The molecule has 2 aromatic rings. The van der Waals surface area contributed by atoms with E-state index in [1.807, 2.05) is 17.8 Å². The van der Waals surface area contributed by atoms with Crippen LogP contribution in [0.15, 0.2) is 35.2 Å². The molecule has 2 rings (SSSR count). The lowest BCUT2D eigenvalue weighted by molar-refractivity contribution is -0.384. The minimum atomic E-state index is -0.406. The van der Waals surface area contributed by atoms with Crippen LogP contribution in [0.1, 0.15) is 11.3 Å². The number of nitro groups is 1. The first-order valence-corrected chi connectivity index (χ1v) is 6.47. The lowest BCUT2D eigenvalue weighted by atomic mass is 10.2. The Bertz CT molecular complexity index is 597. The molecular formula is C12H13BrN4O2. The topological polar surface area (TPSA) is 73.0 Å². The molecule has 0 spiro atoms. The SMILES string of the molecule is CNCc1cn(Cc2ccc([N+](=O)[O-])cc2Br)cn1. The minimum absolute atomic E-state index is 0.0807. The van der Waals surface area contributed by atoms with Crippen molar-refractivity contribution in [3.8, 4) is 0 Å². The maximum atomic E-state index is 10.7. The van der Waals surface area contributed by atoms with Crippen LogP contribution in [0.4, 0.5) is 5.69 Å². The Hall–Kier alpha value is -1.73. The predicted octanol–water partition coefficient (Wildman–Crippen LogP) is 2.32. The lowest BCUT2D eigenvalue weighted by Crippen LogP contribution is -2.05. The number of nitro benzene ring substituents is 1. The van der Waals surface area contributed by atoms with Gasteiger partial charge in [-0.05, 0) is 18.7 Å². The number of non-ortho nitro benzene ring substituents is 1. The number of nitrogens with one attached hydrogen (secondary N) is 1. The van der Waals surface area contributed by atoms with E-state index in [1.165, 1.54) is 12.1 Å². The van der Waals surface area contributed by atoms with Crippen molar-refractivity contribution in [1.82, 2.24) is 14.9 Å². The molecule has 1 aromatic heterocycles. The van der Waals surface area contributed by atoms with Gasteiger partial charge in [-0.1, -0.05) is 15.9 Å². The maximum absolute atomic E-state index is 10.7. The summed E-state index contributed by atoms with van der Waals surface area (Å²) in [7, 11) is 1.87. The van der Waals surface area contributed by atoms with Gasteiger partial charge in [-0.2, -0.15) is 0 Å². The third-order valence-corrected chi connectivity index (χ3v) is 3.38. The summed E-state index contributed by atoms with van der Waals surface area (Å²) in [6.07, 6.45) is 3.70. The summed E-state index contributed by atoms with van der Waals surface area (Å²) < 4.78 is 2.67. The number of hydrogen-bond acceptors (Lipinski definition) is 4. The summed E-state index contributed by atoms with van der Waals surface area (Å²) in [4.78, 5) is 14.5. The summed E-state index contributed by atoms with van der Waals surface area (Å²) in [5, 5.41) is 13.7. The van der Waals surface area contributed by atoms with E-state index in [-0.39, 0.29) is 5.69 Å². The van der Waals surface area contributed by atoms with Crippen molar-refractivity contribution >= 4 is 21.6 Å². The summed E-state index contributed by atoms with van der Waals surface area (Å²) in [6, 6.07) is 4.77. The average Bonchev–Trinajstić information content (AvgIpc) is 2.79. The van der Waals surface area contributed by atoms with Gasteiger partial charge in [-0.3, -0.25) is 10.1 Å². The Morgan fingerprint density at radius 3 is 2.95 bits per heavy atom. The molecule has 0 atom stereocenters. The lowest BCUT2D eigenvalue weighted by Gasteiger charge is -2.05. The fraction of sp³-hybridized carbons (Fsp3) is 0.250. The van der Waals surface area contributed by atoms with Crippen LogP contribution in [-0.4, -0.2) is 21.5 Å². The maximum Gasteiger partial charge on any atom is 0.270 e. The zero-order valence-electron chi connectivity index (χ0n) is 10.3. The van der Waals surface area contributed by atoms with Crippen molar-refractivity contribution in [2.24, 2.45) is 0 Å². The van der Waals surface area contributed by atoms with Gasteiger partial charge in [-0.15, -0.1) is 0 Å². The van der Waals surface area contributed by atoms with Crippen LogP contribution < -0.4 is 5.32 Å². The highest BCUT2D eigenvalue weighted by Crippen LogP contribution is 2.23.